The van der Waals surface area contributed by atoms with Crippen LogP contribution in [0.3, 0.4) is 0 Å². The number of benzene rings is 1. The molecule has 1 aromatic carbocycles. The lowest BCUT2D eigenvalue weighted by atomic mass is 10.1. The van der Waals surface area contributed by atoms with E-state index in [1.54, 1.807) is 9.36 Å². The topological polar surface area (TPSA) is 52.7 Å². The summed E-state index contributed by atoms with van der Waals surface area (Å²) >= 11 is 0. The Morgan fingerprint density at radius 1 is 1.21 bits per heavy atom. The van der Waals surface area contributed by atoms with Gasteiger partial charge in [-0.1, -0.05) is 13.0 Å². The standard InChI is InChI=1S/C19H22N4O/c1-4-9-22-19(24)18-16(17(21-22)14-6-7-14)11-20-23(18)15-8-5-12(2)13(3)10-15/h5,8,10-11,14H,4,6-7,9H2,1-3H3. The normalized spacial score (nSPS) is 14.5. The summed E-state index contributed by atoms with van der Waals surface area (Å²) in [5.74, 6) is 0.480. The van der Waals surface area contributed by atoms with Gasteiger partial charge in [0.1, 0.15) is 5.52 Å². The van der Waals surface area contributed by atoms with Gasteiger partial charge in [0, 0.05) is 17.8 Å². The first-order valence-electron chi connectivity index (χ1n) is 8.66. The van der Waals surface area contributed by atoms with E-state index in [1.165, 1.54) is 11.1 Å². The first-order valence-corrected chi connectivity index (χ1v) is 8.66. The summed E-state index contributed by atoms with van der Waals surface area (Å²) in [5.41, 5.74) is 5.00. The van der Waals surface area contributed by atoms with E-state index in [1.807, 2.05) is 12.3 Å². The summed E-state index contributed by atoms with van der Waals surface area (Å²) in [7, 11) is 0. The van der Waals surface area contributed by atoms with E-state index in [0.29, 0.717) is 18.0 Å². The fourth-order valence-corrected chi connectivity index (χ4v) is 3.17. The number of aryl methyl sites for hydroxylation is 3. The maximum absolute atomic E-state index is 13.0. The van der Waals surface area contributed by atoms with Gasteiger partial charge >= 0.3 is 0 Å². The van der Waals surface area contributed by atoms with Gasteiger partial charge in [-0.25, -0.2) is 9.36 Å². The van der Waals surface area contributed by atoms with Gasteiger partial charge in [-0.05, 0) is 56.4 Å². The van der Waals surface area contributed by atoms with Crippen LogP contribution in [-0.2, 0) is 6.54 Å². The zero-order chi connectivity index (χ0) is 16.8. The molecule has 0 aliphatic heterocycles. The largest absolute Gasteiger partial charge is 0.293 e. The fourth-order valence-electron chi connectivity index (χ4n) is 3.17. The predicted octanol–water partition coefficient (Wildman–Crippen LogP) is 3.49. The van der Waals surface area contributed by atoms with E-state index < -0.39 is 0 Å². The first-order chi connectivity index (χ1) is 11.6. The molecule has 5 nitrogen and oxygen atoms in total. The lowest BCUT2D eigenvalue weighted by Crippen LogP contribution is -2.26. The summed E-state index contributed by atoms with van der Waals surface area (Å²) in [6, 6.07) is 6.18. The van der Waals surface area contributed by atoms with Crippen molar-refractivity contribution in [3.05, 3.63) is 51.6 Å². The quantitative estimate of drug-likeness (QED) is 0.739. The Balaban J connectivity index is 2.00. The number of hydrogen-bond donors (Lipinski definition) is 0. The van der Waals surface area contributed by atoms with Crippen LogP contribution in [0.25, 0.3) is 16.6 Å². The van der Waals surface area contributed by atoms with Gasteiger partial charge in [0.15, 0.2) is 0 Å². The summed E-state index contributed by atoms with van der Waals surface area (Å²) < 4.78 is 3.40. The van der Waals surface area contributed by atoms with Crippen LogP contribution in [0.2, 0.25) is 0 Å². The van der Waals surface area contributed by atoms with Gasteiger partial charge in [0.2, 0.25) is 0 Å². The molecule has 0 amide bonds. The number of aromatic nitrogens is 4. The minimum Gasteiger partial charge on any atom is -0.265 e. The zero-order valence-corrected chi connectivity index (χ0v) is 14.4. The maximum Gasteiger partial charge on any atom is 0.293 e. The van der Waals surface area contributed by atoms with Crippen LogP contribution >= 0.6 is 0 Å². The third-order valence-electron chi connectivity index (χ3n) is 4.85. The third-order valence-corrected chi connectivity index (χ3v) is 4.85. The second-order valence-corrected chi connectivity index (χ2v) is 6.78. The van der Waals surface area contributed by atoms with E-state index in [9.17, 15) is 4.79 Å². The number of nitrogens with zero attached hydrogens (tertiary/aromatic N) is 4. The Hall–Kier alpha value is -2.43. The van der Waals surface area contributed by atoms with Crippen LogP contribution < -0.4 is 5.56 Å². The highest BCUT2D eigenvalue weighted by molar-refractivity contribution is 5.82. The van der Waals surface area contributed by atoms with Crippen molar-refractivity contribution >= 4 is 10.9 Å². The van der Waals surface area contributed by atoms with Crippen molar-refractivity contribution in [2.24, 2.45) is 0 Å². The molecule has 1 aliphatic rings. The van der Waals surface area contributed by atoms with Gasteiger partial charge in [-0.2, -0.15) is 10.2 Å². The van der Waals surface area contributed by atoms with Crippen LogP contribution in [0.15, 0.2) is 29.2 Å². The van der Waals surface area contributed by atoms with Crippen molar-refractivity contribution in [1.29, 1.82) is 0 Å². The highest BCUT2D eigenvalue weighted by atomic mass is 16.1. The molecule has 24 heavy (non-hydrogen) atoms. The molecule has 2 aromatic heterocycles. The monoisotopic (exact) mass is 322 g/mol. The molecule has 0 spiro atoms. The Morgan fingerprint density at radius 3 is 2.67 bits per heavy atom. The molecule has 1 fully saturated rings. The molecule has 0 saturated heterocycles. The number of hydrogen-bond acceptors (Lipinski definition) is 3. The molecule has 3 aromatic rings. The smallest absolute Gasteiger partial charge is 0.265 e. The minimum absolute atomic E-state index is 0.0491. The average Bonchev–Trinajstić information content (AvgIpc) is 3.31. The number of rotatable bonds is 4. The molecule has 0 unspecified atom stereocenters. The molecule has 4 rings (SSSR count). The SMILES string of the molecule is CCCn1nc(C2CC2)c2cnn(-c3ccc(C)c(C)c3)c2c1=O. The summed E-state index contributed by atoms with van der Waals surface area (Å²) in [6.07, 6.45) is 5.01. The molecule has 1 aliphatic carbocycles. The summed E-state index contributed by atoms with van der Waals surface area (Å²) in [4.78, 5) is 13.0. The molecule has 0 radical (unpaired) electrons. The summed E-state index contributed by atoms with van der Waals surface area (Å²) in [5, 5.41) is 10.1. The second kappa shape index (κ2) is 5.58. The first kappa shape index (κ1) is 15.1. The van der Waals surface area contributed by atoms with Crippen molar-refractivity contribution in [2.45, 2.75) is 52.5 Å². The van der Waals surface area contributed by atoms with Gasteiger partial charge < -0.3 is 0 Å². The van der Waals surface area contributed by atoms with Crippen molar-refractivity contribution in [3.63, 3.8) is 0 Å². The van der Waals surface area contributed by atoms with Crippen LogP contribution in [0.4, 0.5) is 0 Å². The van der Waals surface area contributed by atoms with Gasteiger partial charge in [-0.3, -0.25) is 4.79 Å². The van der Waals surface area contributed by atoms with Gasteiger partial charge in [0.05, 0.1) is 17.6 Å². The van der Waals surface area contributed by atoms with Crippen LogP contribution in [0.5, 0.6) is 0 Å². The lowest BCUT2D eigenvalue weighted by Gasteiger charge is -2.10. The molecule has 2 heterocycles. The Kier molecular flexibility index (Phi) is 3.52. The van der Waals surface area contributed by atoms with E-state index >= 15 is 0 Å². The molecular formula is C19H22N4O. The average molecular weight is 322 g/mol. The van der Waals surface area contributed by atoms with Crippen molar-refractivity contribution in [3.8, 4) is 5.69 Å². The Labute approximate surface area is 140 Å². The van der Waals surface area contributed by atoms with Crippen molar-refractivity contribution in [2.75, 3.05) is 0 Å². The van der Waals surface area contributed by atoms with E-state index in [-0.39, 0.29) is 5.56 Å². The fraction of sp³-hybridized carbons (Fsp3) is 0.421. The van der Waals surface area contributed by atoms with Gasteiger partial charge in [0.25, 0.3) is 5.56 Å². The molecular weight excluding hydrogens is 300 g/mol. The second-order valence-electron chi connectivity index (χ2n) is 6.78. The van der Waals surface area contributed by atoms with Crippen molar-refractivity contribution in [1.82, 2.24) is 19.6 Å². The van der Waals surface area contributed by atoms with E-state index in [2.05, 4.69) is 43.1 Å². The Morgan fingerprint density at radius 2 is 2.00 bits per heavy atom. The predicted molar refractivity (Wildman–Crippen MR) is 94.9 cm³/mol. The molecule has 0 atom stereocenters. The molecule has 1 saturated carbocycles. The maximum atomic E-state index is 13.0. The lowest BCUT2D eigenvalue weighted by molar-refractivity contribution is 0.561. The summed E-state index contributed by atoms with van der Waals surface area (Å²) in [6.45, 7) is 6.88. The molecule has 124 valence electrons. The van der Waals surface area contributed by atoms with Gasteiger partial charge in [-0.15, -0.1) is 0 Å². The van der Waals surface area contributed by atoms with Crippen LogP contribution in [0, 0.1) is 13.8 Å². The molecule has 0 N–H and O–H groups in total. The molecule has 5 heteroatoms. The van der Waals surface area contributed by atoms with E-state index in [0.717, 1.165) is 36.0 Å². The van der Waals surface area contributed by atoms with E-state index in [4.69, 9.17) is 0 Å². The van der Waals surface area contributed by atoms with Crippen molar-refractivity contribution < 1.29 is 0 Å². The molecule has 0 bridgehead atoms. The van der Waals surface area contributed by atoms with Crippen LogP contribution in [-0.4, -0.2) is 19.6 Å². The highest BCUT2D eigenvalue weighted by Crippen LogP contribution is 2.41. The minimum atomic E-state index is -0.0491. The third kappa shape index (κ3) is 2.35. The van der Waals surface area contributed by atoms with Crippen LogP contribution in [0.1, 0.15) is 48.9 Å². The zero-order valence-electron chi connectivity index (χ0n) is 14.4. The highest BCUT2D eigenvalue weighted by Gasteiger charge is 2.30. The Bertz CT molecular complexity index is 979. The number of fused-ring (bicyclic) bond motifs is 1.